The predicted octanol–water partition coefficient (Wildman–Crippen LogP) is 3.31. The van der Waals surface area contributed by atoms with Gasteiger partial charge in [-0.05, 0) is 34.0 Å². The Hall–Kier alpha value is -0.530. The van der Waals surface area contributed by atoms with Gasteiger partial charge in [0.25, 0.3) is 0 Å². The average Bonchev–Trinajstić information content (AvgIpc) is 2.27. The Kier molecular flexibility index (Phi) is 1.40. The largest absolute Gasteiger partial charge is 0.152 e. The second kappa shape index (κ2) is 2.26. The summed E-state index contributed by atoms with van der Waals surface area (Å²) in [4.78, 5) is 0. The van der Waals surface area contributed by atoms with Gasteiger partial charge in [-0.1, -0.05) is 11.6 Å². The smallest absolute Gasteiger partial charge is 0.0497 e. The minimum Gasteiger partial charge on any atom is -0.152 e. The number of rotatable bonds is 0. The Bertz CT molecular complexity index is 283. The Morgan fingerprint density at radius 1 is 1.50 bits per heavy atom. The molecule has 0 bridgehead atoms. The first-order chi connectivity index (χ1) is 4.86. The summed E-state index contributed by atoms with van der Waals surface area (Å²) in [6, 6.07) is 6.97. The van der Waals surface area contributed by atoms with E-state index in [0.717, 1.165) is 5.56 Å². The molecule has 1 radical (unpaired) electrons. The Morgan fingerprint density at radius 2 is 2.40 bits per heavy atom. The van der Waals surface area contributed by atoms with Gasteiger partial charge in [0.15, 0.2) is 0 Å². The van der Waals surface area contributed by atoms with Crippen LogP contribution >= 0.6 is 22.9 Å². The lowest BCUT2D eigenvalue weighted by atomic mass is 10.2. The maximum atomic E-state index is 5.73. The summed E-state index contributed by atoms with van der Waals surface area (Å²) in [6.45, 7) is 0. The van der Waals surface area contributed by atoms with Gasteiger partial charge in [-0.2, -0.15) is 11.3 Å². The molecule has 0 nitrogen and oxygen atoms in total. The van der Waals surface area contributed by atoms with Crippen molar-refractivity contribution in [2.75, 3.05) is 0 Å². The van der Waals surface area contributed by atoms with Gasteiger partial charge in [-0.3, -0.25) is 0 Å². The first-order valence-corrected chi connectivity index (χ1v) is 4.22. The van der Waals surface area contributed by atoms with Crippen molar-refractivity contribution in [2.45, 2.75) is 0 Å². The van der Waals surface area contributed by atoms with Crippen molar-refractivity contribution in [3.05, 3.63) is 34.0 Å². The SMILES string of the molecule is Clc1[c]c2ccscc-2c1. The highest BCUT2D eigenvalue weighted by atomic mass is 35.5. The van der Waals surface area contributed by atoms with Gasteiger partial charge >= 0.3 is 0 Å². The molecular weight excluding hydrogens is 164 g/mol. The molecular formula is C8H4ClS. The molecule has 2 rings (SSSR count). The van der Waals surface area contributed by atoms with E-state index in [2.05, 4.69) is 11.4 Å². The van der Waals surface area contributed by atoms with E-state index in [4.69, 9.17) is 11.6 Å². The summed E-state index contributed by atoms with van der Waals surface area (Å²) < 4.78 is 0. The van der Waals surface area contributed by atoms with Crippen LogP contribution in [0.15, 0.2) is 22.9 Å². The summed E-state index contributed by atoms with van der Waals surface area (Å²) in [5, 5.41) is 4.79. The van der Waals surface area contributed by atoms with Crippen molar-refractivity contribution in [1.82, 2.24) is 0 Å². The van der Waals surface area contributed by atoms with Crippen LogP contribution in [-0.2, 0) is 0 Å². The highest BCUT2D eigenvalue weighted by Crippen LogP contribution is 2.28. The van der Waals surface area contributed by atoms with E-state index >= 15 is 0 Å². The quantitative estimate of drug-likeness (QED) is 0.565. The predicted molar refractivity (Wildman–Crippen MR) is 44.8 cm³/mol. The molecule has 0 aromatic heterocycles. The third-order valence-corrected chi connectivity index (χ3v) is 2.24. The Morgan fingerprint density at radius 3 is 3.20 bits per heavy atom. The van der Waals surface area contributed by atoms with Crippen LogP contribution in [0.1, 0.15) is 0 Å². The Balaban J connectivity index is 2.76. The molecule has 0 aromatic carbocycles. The van der Waals surface area contributed by atoms with Crippen molar-refractivity contribution in [1.29, 1.82) is 0 Å². The maximum absolute atomic E-state index is 5.73. The van der Waals surface area contributed by atoms with Gasteiger partial charge in [0.2, 0.25) is 0 Å². The number of hydrogen-bond acceptors (Lipinski definition) is 1. The van der Waals surface area contributed by atoms with Crippen LogP contribution in [0.5, 0.6) is 0 Å². The monoisotopic (exact) mass is 167 g/mol. The molecule has 0 amide bonds. The molecule has 10 heavy (non-hydrogen) atoms. The van der Waals surface area contributed by atoms with Crippen LogP contribution in [0.2, 0.25) is 5.02 Å². The van der Waals surface area contributed by atoms with E-state index in [1.807, 2.05) is 17.5 Å². The van der Waals surface area contributed by atoms with Gasteiger partial charge in [-0.25, -0.2) is 0 Å². The van der Waals surface area contributed by atoms with Crippen LogP contribution in [0, 0.1) is 6.07 Å². The number of hydrogen-bond donors (Lipinski definition) is 0. The van der Waals surface area contributed by atoms with Gasteiger partial charge in [0.1, 0.15) is 0 Å². The van der Waals surface area contributed by atoms with Gasteiger partial charge < -0.3 is 0 Å². The second-order valence-electron chi connectivity index (χ2n) is 2.04. The zero-order valence-electron chi connectivity index (χ0n) is 5.10. The van der Waals surface area contributed by atoms with E-state index in [1.54, 1.807) is 11.3 Å². The lowest BCUT2D eigenvalue weighted by Crippen LogP contribution is -1.64. The van der Waals surface area contributed by atoms with E-state index in [1.165, 1.54) is 5.56 Å². The molecule has 1 aliphatic heterocycles. The lowest BCUT2D eigenvalue weighted by molar-refractivity contribution is 1.83. The summed E-state index contributed by atoms with van der Waals surface area (Å²) in [6.07, 6.45) is 0. The highest BCUT2D eigenvalue weighted by molar-refractivity contribution is 7.07. The van der Waals surface area contributed by atoms with Gasteiger partial charge in [-0.15, -0.1) is 0 Å². The molecule has 0 fully saturated rings. The van der Waals surface area contributed by atoms with E-state index < -0.39 is 0 Å². The second-order valence-corrected chi connectivity index (χ2v) is 3.23. The van der Waals surface area contributed by atoms with Crippen molar-refractivity contribution in [2.24, 2.45) is 0 Å². The fraction of sp³-hybridized carbons (Fsp3) is 0. The zero-order valence-corrected chi connectivity index (χ0v) is 6.67. The van der Waals surface area contributed by atoms with E-state index in [0.29, 0.717) is 5.02 Å². The Labute approximate surface area is 68.4 Å². The third-order valence-electron chi connectivity index (χ3n) is 1.36. The van der Waals surface area contributed by atoms with E-state index in [-0.39, 0.29) is 0 Å². The molecule has 0 saturated carbocycles. The fourth-order valence-corrected chi connectivity index (χ4v) is 1.76. The number of halogens is 1. The standard InChI is InChI=1S/C8H4ClS/c9-8-3-6-1-2-10-5-7(6)4-8/h1-2,4-5H. The molecule has 2 heteroatoms. The first kappa shape index (κ1) is 6.20. The maximum Gasteiger partial charge on any atom is 0.0497 e. The van der Waals surface area contributed by atoms with Crippen molar-refractivity contribution in [3.8, 4) is 11.1 Å². The van der Waals surface area contributed by atoms with Crippen molar-refractivity contribution < 1.29 is 0 Å². The first-order valence-electron chi connectivity index (χ1n) is 2.90. The van der Waals surface area contributed by atoms with Crippen LogP contribution in [0.4, 0.5) is 0 Å². The normalized spacial score (nSPS) is 10.5. The van der Waals surface area contributed by atoms with Crippen molar-refractivity contribution >= 4 is 22.9 Å². The summed E-state index contributed by atoms with van der Waals surface area (Å²) >= 11 is 7.40. The van der Waals surface area contributed by atoms with Gasteiger partial charge in [0.05, 0.1) is 0 Å². The average molecular weight is 168 g/mol. The topological polar surface area (TPSA) is 0 Å². The minimum atomic E-state index is 0.702. The molecule has 0 spiro atoms. The van der Waals surface area contributed by atoms with Gasteiger partial charge in [0, 0.05) is 11.1 Å². The highest BCUT2D eigenvalue weighted by Gasteiger charge is 2.02. The third kappa shape index (κ3) is 0.917. The van der Waals surface area contributed by atoms with Crippen LogP contribution in [0.25, 0.3) is 11.1 Å². The fourth-order valence-electron chi connectivity index (χ4n) is 0.906. The van der Waals surface area contributed by atoms with Crippen LogP contribution in [0.3, 0.4) is 0 Å². The zero-order chi connectivity index (χ0) is 6.97. The van der Waals surface area contributed by atoms with E-state index in [9.17, 15) is 0 Å². The van der Waals surface area contributed by atoms with Crippen LogP contribution < -0.4 is 0 Å². The molecule has 1 heterocycles. The minimum absolute atomic E-state index is 0.702. The molecule has 49 valence electrons. The molecule has 0 N–H and O–H groups in total. The molecule has 2 aliphatic rings. The summed E-state index contributed by atoms with van der Waals surface area (Å²) in [7, 11) is 0. The molecule has 0 atom stereocenters. The molecule has 0 aromatic rings. The molecule has 0 saturated heterocycles. The molecule has 1 aliphatic carbocycles. The summed E-state index contributed by atoms with van der Waals surface area (Å²) in [5.41, 5.74) is 2.28. The lowest BCUT2D eigenvalue weighted by Gasteiger charge is -1.90. The van der Waals surface area contributed by atoms with Crippen LogP contribution in [-0.4, -0.2) is 0 Å². The molecule has 0 unspecified atom stereocenters. The van der Waals surface area contributed by atoms with Crippen molar-refractivity contribution in [3.63, 3.8) is 0 Å². The number of fused-ring (bicyclic) bond motifs is 1. The summed E-state index contributed by atoms with van der Waals surface area (Å²) in [5.74, 6) is 0.